The summed E-state index contributed by atoms with van der Waals surface area (Å²) in [6, 6.07) is 24.7. The molecule has 11 heteroatoms. The number of rotatable bonds is 9. The number of anilines is 3. The Kier molecular flexibility index (Phi) is 7.79. The number of halogens is 1. The second kappa shape index (κ2) is 11.0. The van der Waals surface area contributed by atoms with Gasteiger partial charge < -0.3 is 5.32 Å². The van der Waals surface area contributed by atoms with Gasteiger partial charge in [0, 0.05) is 11.4 Å². The molecule has 196 valence electrons. The minimum atomic E-state index is -4.15. The summed E-state index contributed by atoms with van der Waals surface area (Å²) >= 11 is 0. The van der Waals surface area contributed by atoms with Crippen molar-refractivity contribution in [2.75, 3.05) is 20.9 Å². The fourth-order valence-electron chi connectivity index (χ4n) is 3.61. The smallest absolute Gasteiger partial charge is 0.264 e. The monoisotopic (exact) mass is 553 g/mol. The maximum Gasteiger partial charge on any atom is 0.264 e. The molecule has 1 amide bonds. The maximum absolute atomic E-state index is 13.5. The molecule has 0 aliphatic carbocycles. The molecule has 0 bridgehead atoms. The molecule has 38 heavy (non-hydrogen) atoms. The van der Waals surface area contributed by atoms with Crippen LogP contribution >= 0.6 is 0 Å². The molecular formula is C27H24FN3O5S2. The lowest BCUT2D eigenvalue weighted by molar-refractivity contribution is -0.114. The van der Waals surface area contributed by atoms with Crippen LogP contribution in [0.5, 0.6) is 0 Å². The van der Waals surface area contributed by atoms with Crippen LogP contribution in [-0.2, 0) is 24.8 Å². The predicted molar refractivity (Wildman–Crippen MR) is 144 cm³/mol. The average Bonchev–Trinajstić information content (AvgIpc) is 2.88. The van der Waals surface area contributed by atoms with Crippen LogP contribution in [0, 0.1) is 12.7 Å². The highest BCUT2D eigenvalue weighted by atomic mass is 32.2. The van der Waals surface area contributed by atoms with E-state index in [1.165, 1.54) is 48.5 Å². The van der Waals surface area contributed by atoms with Gasteiger partial charge in [-0.25, -0.2) is 21.2 Å². The zero-order valence-corrected chi connectivity index (χ0v) is 21.8. The van der Waals surface area contributed by atoms with Crippen molar-refractivity contribution in [1.82, 2.24) is 0 Å². The van der Waals surface area contributed by atoms with Crippen LogP contribution in [0.1, 0.15) is 5.56 Å². The molecule has 0 fully saturated rings. The maximum atomic E-state index is 13.5. The second-order valence-electron chi connectivity index (χ2n) is 8.35. The Morgan fingerprint density at radius 3 is 2.05 bits per heavy atom. The lowest BCUT2D eigenvalue weighted by Crippen LogP contribution is -2.38. The molecule has 4 aromatic carbocycles. The van der Waals surface area contributed by atoms with E-state index in [0.29, 0.717) is 5.69 Å². The number of carbonyl (C=O) groups excluding carboxylic acids is 1. The van der Waals surface area contributed by atoms with Crippen LogP contribution in [0.15, 0.2) is 113 Å². The van der Waals surface area contributed by atoms with Gasteiger partial charge in [0.1, 0.15) is 12.4 Å². The number of nitrogens with one attached hydrogen (secondary N) is 2. The third kappa shape index (κ3) is 6.36. The summed E-state index contributed by atoms with van der Waals surface area (Å²) in [5, 5.41) is 2.58. The molecule has 0 heterocycles. The van der Waals surface area contributed by atoms with Crippen LogP contribution in [-0.4, -0.2) is 29.3 Å². The van der Waals surface area contributed by atoms with Gasteiger partial charge in [-0.1, -0.05) is 30.3 Å². The fourth-order valence-corrected chi connectivity index (χ4v) is 6.10. The van der Waals surface area contributed by atoms with E-state index >= 15 is 0 Å². The molecule has 4 aromatic rings. The van der Waals surface area contributed by atoms with E-state index in [9.17, 15) is 26.0 Å². The summed E-state index contributed by atoms with van der Waals surface area (Å²) < 4.78 is 68.9. The second-order valence-corrected chi connectivity index (χ2v) is 11.9. The topological polar surface area (TPSA) is 113 Å². The van der Waals surface area contributed by atoms with E-state index in [1.54, 1.807) is 36.4 Å². The summed E-state index contributed by atoms with van der Waals surface area (Å²) in [7, 11) is -8.02. The molecule has 0 saturated carbocycles. The van der Waals surface area contributed by atoms with Crippen molar-refractivity contribution in [1.29, 1.82) is 0 Å². The molecule has 2 N–H and O–H groups in total. The summed E-state index contributed by atoms with van der Waals surface area (Å²) in [5.74, 6) is -1.23. The van der Waals surface area contributed by atoms with Crippen molar-refractivity contribution in [3.63, 3.8) is 0 Å². The summed E-state index contributed by atoms with van der Waals surface area (Å²) in [6.07, 6.45) is 0. The lowest BCUT2D eigenvalue weighted by Gasteiger charge is -2.24. The van der Waals surface area contributed by atoms with Gasteiger partial charge >= 0.3 is 0 Å². The first kappa shape index (κ1) is 26.8. The van der Waals surface area contributed by atoms with Crippen LogP contribution in [0.4, 0.5) is 21.5 Å². The van der Waals surface area contributed by atoms with E-state index in [1.807, 2.05) is 13.0 Å². The van der Waals surface area contributed by atoms with Gasteiger partial charge in [-0.15, -0.1) is 0 Å². The third-order valence-corrected chi connectivity index (χ3v) is 8.64. The van der Waals surface area contributed by atoms with Gasteiger partial charge in [0.15, 0.2) is 0 Å². The Labute approximate surface area is 220 Å². The molecular weight excluding hydrogens is 529 g/mol. The van der Waals surface area contributed by atoms with Gasteiger partial charge in [0.2, 0.25) is 5.91 Å². The first-order chi connectivity index (χ1) is 18.0. The van der Waals surface area contributed by atoms with E-state index in [4.69, 9.17) is 0 Å². The van der Waals surface area contributed by atoms with Gasteiger partial charge in [-0.05, 0) is 85.3 Å². The van der Waals surface area contributed by atoms with Crippen molar-refractivity contribution in [3.05, 3.63) is 115 Å². The Hall–Kier alpha value is -4.22. The molecule has 4 rings (SSSR count). The van der Waals surface area contributed by atoms with Gasteiger partial charge in [-0.2, -0.15) is 0 Å². The number of carbonyl (C=O) groups is 1. The van der Waals surface area contributed by atoms with E-state index in [0.717, 1.165) is 22.0 Å². The summed E-state index contributed by atoms with van der Waals surface area (Å²) in [4.78, 5) is 12.8. The number of hydrogen-bond donors (Lipinski definition) is 2. The van der Waals surface area contributed by atoms with Gasteiger partial charge in [0.05, 0.1) is 15.5 Å². The zero-order chi connectivity index (χ0) is 27.3. The van der Waals surface area contributed by atoms with Crippen molar-refractivity contribution in [2.24, 2.45) is 0 Å². The number of hydrogen-bond acceptors (Lipinski definition) is 5. The summed E-state index contributed by atoms with van der Waals surface area (Å²) in [5.41, 5.74) is 1.69. The number of benzene rings is 4. The van der Waals surface area contributed by atoms with Crippen LogP contribution in [0.3, 0.4) is 0 Å². The Morgan fingerprint density at radius 2 is 1.42 bits per heavy atom. The van der Waals surface area contributed by atoms with Crippen molar-refractivity contribution in [3.8, 4) is 0 Å². The molecule has 0 spiro atoms. The van der Waals surface area contributed by atoms with Crippen LogP contribution < -0.4 is 14.3 Å². The first-order valence-electron chi connectivity index (χ1n) is 11.4. The van der Waals surface area contributed by atoms with Crippen LogP contribution in [0.2, 0.25) is 0 Å². The number of amides is 1. The molecule has 0 aliphatic rings. The minimum absolute atomic E-state index is 0.0170. The highest BCUT2D eigenvalue weighted by molar-refractivity contribution is 7.93. The average molecular weight is 554 g/mol. The number of nitrogens with zero attached hydrogens (tertiary/aromatic N) is 1. The standard InChI is InChI=1S/C27H24FN3O5S2/c1-20-6-5-7-23(18-20)30-37(33,34)25-16-12-22(13-17-25)29-27(32)19-31(24-14-10-21(28)11-15-24)38(35,36)26-8-3-2-4-9-26/h2-18,30H,19H2,1H3,(H,29,32). The largest absolute Gasteiger partial charge is 0.325 e. The van der Waals surface area contributed by atoms with Crippen LogP contribution in [0.25, 0.3) is 0 Å². The molecule has 8 nitrogen and oxygen atoms in total. The fraction of sp³-hybridized carbons (Fsp3) is 0.0741. The molecule has 0 aromatic heterocycles. The Morgan fingerprint density at radius 1 is 0.763 bits per heavy atom. The van der Waals surface area contributed by atoms with Crippen molar-refractivity contribution in [2.45, 2.75) is 16.7 Å². The van der Waals surface area contributed by atoms with Gasteiger partial charge in [-0.3, -0.25) is 13.8 Å². The molecule has 0 unspecified atom stereocenters. The Balaban J connectivity index is 1.52. The van der Waals surface area contributed by atoms with Gasteiger partial charge in [0.25, 0.3) is 20.0 Å². The lowest BCUT2D eigenvalue weighted by atomic mass is 10.2. The van der Waals surface area contributed by atoms with E-state index in [-0.39, 0.29) is 21.2 Å². The third-order valence-electron chi connectivity index (χ3n) is 5.45. The number of aryl methyl sites for hydroxylation is 1. The van der Waals surface area contributed by atoms with Crippen molar-refractivity contribution >= 4 is 43.0 Å². The molecule has 0 aliphatic heterocycles. The van der Waals surface area contributed by atoms with E-state index in [2.05, 4.69) is 10.0 Å². The van der Waals surface area contributed by atoms with Crippen molar-refractivity contribution < 1.29 is 26.0 Å². The zero-order valence-electron chi connectivity index (χ0n) is 20.2. The summed E-state index contributed by atoms with van der Waals surface area (Å²) in [6.45, 7) is 1.25. The highest BCUT2D eigenvalue weighted by Gasteiger charge is 2.27. The highest BCUT2D eigenvalue weighted by Crippen LogP contribution is 2.24. The SMILES string of the molecule is Cc1cccc(NS(=O)(=O)c2ccc(NC(=O)CN(c3ccc(F)cc3)S(=O)(=O)c3ccccc3)cc2)c1. The quantitative estimate of drug-likeness (QED) is 0.310. The normalized spacial score (nSPS) is 11.5. The Bertz CT molecular complexity index is 1640. The van der Waals surface area contributed by atoms with E-state index < -0.39 is 38.3 Å². The molecule has 0 saturated heterocycles. The molecule has 0 atom stereocenters. The number of sulfonamides is 2. The predicted octanol–water partition coefficient (Wildman–Crippen LogP) is 4.77. The molecule has 0 radical (unpaired) electrons. The first-order valence-corrected chi connectivity index (χ1v) is 14.3. The minimum Gasteiger partial charge on any atom is -0.325 e.